The van der Waals surface area contributed by atoms with Crippen molar-refractivity contribution in [3.8, 4) is 0 Å². The minimum atomic E-state index is 1.05. The molecule has 1 N–H and O–H groups in total. The van der Waals surface area contributed by atoms with Crippen molar-refractivity contribution in [1.82, 2.24) is 4.98 Å². The summed E-state index contributed by atoms with van der Waals surface area (Å²) < 4.78 is 0. The van der Waals surface area contributed by atoms with Crippen molar-refractivity contribution >= 4 is 28.4 Å². The highest BCUT2D eigenvalue weighted by molar-refractivity contribution is 7.99. The van der Waals surface area contributed by atoms with Gasteiger partial charge in [0.2, 0.25) is 0 Å². The normalized spacial score (nSPS) is 14.9. The molecule has 1 aromatic carbocycles. The van der Waals surface area contributed by atoms with Crippen LogP contribution >= 0.6 is 11.8 Å². The fourth-order valence-electron chi connectivity index (χ4n) is 1.70. The number of benzene rings is 1. The molecule has 2 heterocycles. The van der Waals surface area contributed by atoms with Gasteiger partial charge in [0.1, 0.15) is 0 Å². The number of rotatable bonds is 0. The fraction of sp³-hybridized carbons (Fsp3) is 0.182. The van der Waals surface area contributed by atoms with Gasteiger partial charge in [-0.05, 0) is 18.2 Å². The van der Waals surface area contributed by atoms with Crippen LogP contribution in [0.2, 0.25) is 0 Å². The average molecular weight is 202 g/mol. The van der Waals surface area contributed by atoms with E-state index in [2.05, 4.69) is 28.5 Å². The van der Waals surface area contributed by atoms with Crippen LogP contribution in [0, 0.1) is 0 Å². The van der Waals surface area contributed by atoms with Crippen LogP contribution in [0.5, 0.6) is 0 Å². The van der Waals surface area contributed by atoms with Crippen molar-refractivity contribution in [3.05, 3.63) is 30.5 Å². The number of fused-ring (bicyclic) bond motifs is 2. The monoisotopic (exact) mass is 202 g/mol. The molecule has 1 aliphatic rings. The second-order valence-corrected chi connectivity index (χ2v) is 4.46. The summed E-state index contributed by atoms with van der Waals surface area (Å²) in [6, 6.07) is 8.44. The van der Waals surface area contributed by atoms with E-state index in [1.807, 2.05) is 24.0 Å². The Morgan fingerprint density at radius 3 is 3.36 bits per heavy atom. The number of nitrogens with zero attached hydrogens (tertiary/aromatic N) is 1. The Hall–Kier alpha value is -1.22. The Labute approximate surface area is 86.7 Å². The summed E-state index contributed by atoms with van der Waals surface area (Å²) in [7, 11) is 0. The third-order valence-electron chi connectivity index (χ3n) is 2.38. The Bertz CT molecular complexity index is 437. The van der Waals surface area contributed by atoms with Crippen molar-refractivity contribution < 1.29 is 0 Å². The standard InChI is InChI=1S/C11H10N2S/c1-2-8-6-11-10(13-4-5-14-11)7-9(8)12-3-1/h1-3,6-7,13H,4-5H2. The highest BCUT2D eigenvalue weighted by Gasteiger charge is 2.09. The first kappa shape index (κ1) is 8.12. The molecule has 0 fully saturated rings. The minimum absolute atomic E-state index is 1.05. The van der Waals surface area contributed by atoms with Gasteiger partial charge in [-0.2, -0.15) is 0 Å². The maximum Gasteiger partial charge on any atom is 0.0723 e. The summed E-state index contributed by atoms with van der Waals surface area (Å²) in [5.74, 6) is 1.15. The number of hydrogen-bond donors (Lipinski definition) is 1. The number of hydrogen-bond acceptors (Lipinski definition) is 3. The molecule has 3 heteroatoms. The van der Waals surface area contributed by atoms with E-state index in [9.17, 15) is 0 Å². The van der Waals surface area contributed by atoms with Gasteiger partial charge < -0.3 is 5.32 Å². The van der Waals surface area contributed by atoms with Gasteiger partial charge >= 0.3 is 0 Å². The maximum atomic E-state index is 4.34. The van der Waals surface area contributed by atoms with Crippen LogP contribution in [0.3, 0.4) is 0 Å². The van der Waals surface area contributed by atoms with Crippen molar-refractivity contribution in [2.24, 2.45) is 0 Å². The van der Waals surface area contributed by atoms with Gasteiger partial charge in [-0.15, -0.1) is 11.8 Å². The molecular weight excluding hydrogens is 192 g/mol. The maximum absolute atomic E-state index is 4.34. The van der Waals surface area contributed by atoms with Gasteiger partial charge in [-0.3, -0.25) is 4.98 Å². The van der Waals surface area contributed by atoms with Crippen LogP contribution in [0.4, 0.5) is 5.69 Å². The summed E-state index contributed by atoms with van der Waals surface area (Å²) in [6.45, 7) is 1.05. The van der Waals surface area contributed by atoms with Crippen LogP contribution in [0.25, 0.3) is 10.9 Å². The van der Waals surface area contributed by atoms with Gasteiger partial charge in [0.25, 0.3) is 0 Å². The molecule has 1 aliphatic heterocycles. The zero-order chi connectivity index (χ0) is 9.38. The lowest BCUT2D eigenvalue weighted by molar-refractivity contribution is 1.17. The van der Waals surface area contributed by atoms with Crippen LogP contribution < -0.4 is 5.32 Å². The number of anilines is 1. The lowest BCUT2D eigenvalue weighted by Gasteiger charge is -2.17. The van der Waals surface area contributed by atoms with E-state index in [-0.39, 0.29) is 0 Å². The lowest BCUT2D eigenvalue weighted by Crippen LogP contribution is -2.09. The molecule has 1 aromatic heterocycles. The summed E-state index contributed by atoms with van der Waals surface area (Å²) in [4.78, 5) is 5.68. The molecule has 14 heavy (non-hydrogen) atoms. The van der Waals surface area contributed by atoms with Gasteiger partial charge in [-0.1, -0.05) is 6.07 Å². The van der Waals surface area contributed by atoms with Crippen LogP contribution in [-0.4, -0.2) is 17.3 Å². The van der Waals surface area contributed by atoms with E-state index in [1.54, 1.807) is 0 Å². The molecule has 2 aromatic rings. The Balaban J connectivity index is 2.27. The first-order valence-electron chi connectivity index (χ1n) is 4.69. The second-order valence-electron chi connectivity index (χ2n) is 3.32. The highest BCUT2D eigenvalue weighted by Crippen LogP contribution is 2.33. The van der Waals surface area contributed by atoms with Crippen molar-refractivity contribution in [2.45, 2.75) is 4.90 Å². The zero-order valence-corrected chi connectivity index (χ0v) is 8.47. The molecule has 0 spiro atoms. The number of pyridine rings is 1. The van der Waals surface area contributed by atoms with Crippen LogP contribution in [0.1, 0.15) is 0 Å². The molecule has 0 saturated carbocycles. The Morgan fingerprint density at radius 1 is 1.36 bits per heavy atom. The molecule has 3 rings (SSSR count). The summed E-state index contributed by atoms with van der Waals surface area (Å²) >= 11 is 1.91. The summed E-state index contributed by atoms with van der Waals surface area (Å²) in [5, 5.41) is 4.62. The van der Waals surface area contributed by atoms with Crippen molar-refractivity contribution in [2.75, 3.05) is 17.6 Å². The third kappa shape index (κ3) is 1.24. The van der Waals surface area contributed by atoms with E-state index < -0.39 is 0 Å². The quantitative estimate of drug-likeness (QED) is 0.711. The van der Waals surface area contributed by atoms with E-state index in [4.69, 9.17) is 0 Å². The van der Waals surface area contributed by atoms with Crippen LogP contribution in [0.15, 0.2) is 35.4 Å². The first-order chi connectivity index (χ1) is 6.93. The van der Waals surface area contributed by atoms with E-state index >= 15 is 0 Å². The Morgan fingerprint density at radius 2 is 2.36 bits per heavy atom. The molecule has 0 atom stereocenters. The van der Waals surface area contributed by atoms with E-state index in [0.717, 1.165) is 17.8 Å². The molecule has 70 valence electrons. The summed E-state index contributed by atoms with van der Waals surface area (Å²) in [5.41, 5.74) is 2.30. The molecule has 0 unspecified atom stereocenters. The molecular formula is C11H10N2S. The third-order valence-corrected chi connectivity index (χ3v) is 3.44. The van der Waals surface area contributed by atoms with Gasteiger partial charge in [0, 0.05) is 28.8 Å². The first-order valence-corrected chi connectivity index (χ1v) is 5.67. The smallest absolute Gasteiger partial charge is 0.0723 e. The molecule has 0 bridgehead atoms. The lowest BCUT2D eigenvalue weighted by atomic mass is 10.2. The zero-order valence-electron chi connectivity index (χ0n) is 7.66. The number of aromatic nitrogens is 1. The minimum Gasteiger partial charge on any atom is -0.383 e. The largest absolute Gasteiger partial charge is 0.383 e. The molecule has 0 aliphatic carbocycles. The van der Waals surface area contributed by atoms with Gasteiger partial charge in [0.05, 0.1) is 11.2 Å². The SMILES string of the molecule is c1cnc2cc3c(cc2c1)SCCN3. The fourth-order valence-corrected chi connectivity index (χ4v) is 2.62. The average Bonchev–Trinajstić information content (AvgIpc) is 2.26. The highest BCUT2D eigenvalue weighted by atomic mass is 32.2. The topological polar surface area (TPSA) is 24.9 Å². The van der Waals surface area contributed by atoms with Crippen molar-refractivity contribution in [1.29, 1.82) is 0 Å². The van der Waals surface area contributed by atoms with E-state index in [1.165, 1.54) is 16.0 Å². The predicted octanol–water partition coefficient (Wildman–Crippen LogP) is 2.75. The Kier molecular flexibility index (Phi) is 1.84. The molecule has 0 radical (unpaired) electrons. The second kappa shape index (κ2) is 3.17. The van der Waals surface area contributed by atoms with Gasteiger partial charge in [0.15, 0.2) is 0 Å². The number of thioether (sulfide) groups is 1. The van der Waals surface area contributed by atoms with E-state index in [0.29, 0.717) is 0 Å². The molecule has 0 saturated heterocycles. The number of nitrogens with one attached hydrogen (secondary N) is 1. The predicted molar refractivity (Wildman–Crippen MR) is 61.0 cm³/mol. The summed E-state index contributed by atoms with van der Waals surface area (Å²) in [6.07, 6.45) is 1.84. The van der Waals surface area contributed by atoms with Gasteiger partial charge in [-0.25, -0.2) is 0 Å². The molecule has 0 amide bonds. The van der Waals surface area contributed by atoms with Crippen LogP contribution in [-0.2, 0) is 0 Å². The molecule has 2 nitrogen and oxygen atoms in total. The van der Waals surface area contributed by atoms with Crippen molar-refractivity contribution in [3.63, 3.8) is 0 Å².